The number of hydrogen-bond donors (Lipinski definition) is 2. The number of piperidine rings is 1. The Morgan fingerprint density at radius 2 is 1.76 bits per heavy atom. The average Bonchev–Trinajstić information content (AvgIpc) is 3.50. The highest BCUT2D eigenvalue weighted by molar-refractivity contribution is 7.91. The zero-order chi connectivity index (χ0) is 26.7. The molecule has 3 aromatic rings. The fourth-order valence-corrected chi connectivity index (χ4v) is 7.13. The van der Waals surface area contributed by atoms with Crippen LogP contribution in [0.3, 0.4) is 0 Å². The Balaban J connectivity index is 1.37. The largest absolute Gasteiger partial charge is 0.416 e. The molecule has 38 heavy (non-hydrogen) atoms. The van der Waals surface area contributed by atoms with E-state index in [0.717, 1.165) is 50.9 Å². The Bertz CT molecular complexity index is 1450. The maximum atomic E-state index is 13.4. The van der Waals surface area contributed by atoms with Crippen molar-refractivity contribution in [2.24, 2.45) is 11.7 Å². The van der Waals surface area contributed by atoms with Gasteiger partial charge < -0.3 is 16.0 Å². The maximum absolute atomic E-state index is 13.4. The van der Waals surface area contributed by atoms with Crippen LogP contribution in [0.15, 0.2) is 30.5 Å². The van der Waals surface area contributed by atoms with Gasteiger partial charge in [-0.1, -0.05) is 6.07 Å². The van der Waals surface area contributed by atoms with E-state index in [1.807, 2.05) is 0 Å². The minimum Gasteiger partial charge on any atom is -0.356 e. The molecule has 13 heteroatoms. The van der Waals surface area contributed by atoms with Crippen LogP contribution in [0.4, 0.5) is 24.9 Å². The molecule has 0 amide bonds. The van der Waals surface area contributed by atoms with Crippen LogP contribution in [0.5, 0.6) is 0 Å². The Labute approximate surface area is 218 Å². The number of fused-ring (bicyclic) bond motifs is 1. The highest BCUT2D eigenvalue weighted by Gasteiger charge is 2.46. The van der Waals surface area contributed by atoms with Gasteiger partial charge in [-0.15, -0.1) is 0 Å². The Hall–Kier alpha value is -2.93. The van der Waals surface area contributed by atoms with Gasteiger partial charge in [-0.3, -0.25) is 0 Å². The van der Waals surface area contributed by atoms with E-state index in [0.29, 0.717) is 41.6 Å². The van der Waals surface area contributed by atoms with Crippen molar-refractivity contribution in [2.75, 3.05) is 34.8 Å². The SMILES string of the molecule is NC1(C2CCN(c3nc(NC4CCS(=O)(=O)CC4)nc4c3cnn4-c3cccc(C(F)(F)F)c3)CC2)CC1. The number of nitrogens with one attached hydrogen (secondary N) is 1. The molecule has 0 atom stereocenters. The van der Waals surface area contributed by atoms with Gasteiger partial charge >= 0.3 is 6.18 Å². The van der Waals surface area contributed by atoms with Crippen LogP contribution in [0.1, 0.15) is 44.1 Å². The maximum Gasteiger partial charge on any atom is 0.416 e. The minimum atomic E-state index is -4.49. The lowest BCUT2D eigenvalue weighted by Gasteiger charge is -2.36. The van der Waals surface area contributed by atoms with Crippen LogP contribution in [-0.2, 0) is 16.0 Å². The lowest BCUT2D eigenvalue weighted by atomic mass is 9.88. The Kier molecular flexibility index (Phi) is 6.06. The van der Waals surface area contributed by atoms with Crippen molar-refractivity contribution in [3.63, 3.8) is 0 Å². The molecular weight excluding hydrogens is 519 g/mol. The highest BCUT2D eigenvalue weighted by Crippen LogP contribution is 2.45. The van der Waals surface area contributed by atoms with Crippen molar-refractivity contribution in [3.05, 3.63) is 36.0 Å². The van der Waals surface area contributed by atoms with Gasteiger partial charge in [0, 0.05) is 24.7 Å². The topological polar surface area (TPSA) is 119 Å². The van der Waals surface area contributed by atoms with Gasteiger partial charge in [0.1, 0.15) is 15.7 Å². The van der Waals surface area contributed by atoms with E-state index in [2.05, 4.69) is 20.3 Å². The van der Waals surface area contributed by atoms with E-state index in [1.54, 1.807) is 12.3 Å². The molecule has 3 N–H and O–H groups in total. The molecule has 204 valence electrons. The summed E-state index contributed by atoms with van der Waals surface area (Å²) in [4.78, 5) is 11.6. The Morgan fingerprint density at radius 3 is 2.42 bits per heavy atom. The van der Waals surface area contributed by atoms with Gasteiger partial charge in [0.05, 0.1) is 34.3 Å². The van der Waals surface area contributed by atoms with Crippen LogP contribution < -0.4 is 16.0 Å². The smallest absolute Gasteiger partial charge is 0.356 e. The number of aromatic nitrogens is 4. The van der Waals surface area contributed by atoms with E-state index in [9.17, 15) is 21.6 Å². The molecule has 2 aliphatic heterocycles. The number of benzene rings is 1. The van der Waals surface area contributed by atoms with Gasteiger partial charge in [0.2, 0.25) is 5.95 Å². The van der Waals surface area contributed by atoms with E-state index in [-0.39, 0.29) is 28.8 Å². The fraction of sp³-hybridized carbons (Fsp3) is 0.560. The summed E-state index contributed by atoms with van der Waals surface area (Å²) in [6, 6.07) is 4.86. The number of nitrogens with two attached hydrogens (primary N) is 1. The molecule has 9 nitrogen and oxygen atoms in total. The van der Waals surface area contributed by atoms with Gasteiger partial charge in [-0.25, -0.2) is 13.1 Å². The summed E-state index contributed by atoms with van der Waals surface area (Å²) >= 11 is 0. The molecule has 0 unspecified atom stereocenters. The van der Waals surface area contributed by atoms with Crippen molar-refractivity contribution in [2.45, 2.75) is 56.3 Å². The zero-order valence-electron chi connectivity index (χ0n) is 20.8. The predicted molar refractivity (Wildman–Crippen MR) is 138 cm³/mol. The predicted octanol–water partition coefficient (Wildman–Crippen LogP) is 3.53. The van der Waals surface area contributed by atoms with Gasteiger partial charge in [-0.2, -0.15) is 28.2 Å². The first-order chi connectivity index (χ1) is 18.0. The third kappa shape index (κ3) is 4.93. The molecule has 2 saturated heterocycles. The van der Waals surface area contributed by atoms with Crippen LogP contribution in [-0.4, -0.2) is 64.3 Å². The molecule has 0 spiro atoms. The summed E-state index contributed by atoms with van der Waals surface area (Å²) < 4.78 is 65.4. The summed E-state index contributed by atoms with van der Waals surface area (Å²) in [5.41, 5.74) is 6.28. The van der Waals surface area contributed by atoms with Crippen molar-refractivity contribution >= 4 is 32.6 Å². The average molecular weight is 550 g/mol. The van der Waals surface area contributed by atoms with E-state index >= 15 is 0 Å². The Morgan fingerprint density at radius 1 is 1.05 bits per heavy atom. The fourth-order valence-electron chi connectivity index (χ4n) is 5.64. The number of halogens is 3. The molecule has 1 aliphatic carbocycles. The van der Waals surface area contributed by atoms with Gasteiger partial charge in [-0.05, 0) is 62.6 Å². The number of alkyl halides is 3. The molecule has 4 heterocycles. The summed E-state index contributed by atoms with van der Waals surface area (Å²) in [5, 5.41) is 8.34. The van der Waals surface area contributed by atoms with E-state index in [1.165, 1.54) is 10.7 Å². The number of sulfone groups is 1. The first-order valence-electron chi connectivity index (χ1n) is 12.9. The van der Waals surface area contributed by atoms with Gasteiger partial charge in [0.25, 0.3) is 0 Å². The van der Waals surface area contributed by atoms with Crippen LogP contribution >= 0.6 is 0 Å². The second-order valence-electron chi connectivity index (χ2n) is 10.8. The summed E-state index contributed by atoms with van der Waals surface area (Å²) in [5.74, 6) is 1.63. The van der Waals surface area contributed by atoms with Crippen LogP contribution in [0.25, 0.3) is 16.7 Å². The molecule has 3 aliphatic rings. The molecule has 2 aromatic heterocycles. The molecule has 6 rings (SSSR count). The number of hydrogen-bond acceptors (Lipinski definition) is 8. The molecule has 3 fully saturated rings. The van der Waals surface area contributed by atoms with Crippen molar-refractivity contribution in [3.8, 4) is 5.69 Å². The van der Waals surface area contributed by atoms with Crippen molar-refractivity contribution in [1.82, 2.24) is 19.7 Å². The van der Waals surface area contributed by atoms with Crippen molar-refractivity contribution < 1.29 is 21.6 Å². The lowest BCUT2D eigenvalue weighted by Crippen LogP contribution is -2.42. The molecule has 0 bridgehead atoms. The van der Waals surface area contributed by atoms with Crippen LogP contribution in [0, 0.1) is 5.92 Å². The first kappa shape index (κ1) is 25.4. The normalized spacial score (nSPS) is 22.1. The monoisotopic (exact) mass is 549 g/mol. The molecular formula is C25H30F3N7O2S. The quantitative estimate of drug-likeness (QED) is 0.496. The van der Waals surface area contributed by atoms with E-state index < -0.39 is 21.6 Å². The number of anilines is 2. The second-order valence-corrected chi connectivity index (χ2v) is 13.1. The van der Waals surface area contributed by atoms with Crippen LogP contribution in [0.2, 0.25) is 0 Å². The zero-order valence-corrected chi connectivity index (χ0v) is 21.6. The number of nitrogens with zero attached hydrogens (tertiary/aromatic N) is 5. The third-order valence-electron chi connectivity index (χ3n) is 8.15. The summed E-state index contributed by atoms with van der Waals surface area (Å²) in [6.45, 7) is 1.51. The summed E-state index contributed by atoms with van der Waals surface area (Å²) in [6.07, 6.45) is 1.99. The molecule has 1 saturated carbocycles. The van der Waals surface area contributed by atoms with E-state index in [4.69, 9.17) is 10.7 Å². The minimum absolute atomic E-state index is 0.0461. The molecule has 0 radical (unpaired) electrons. The third-order valence-corrected chi connectivity index (χ3v) is 9.86. The lowest BCUT2D eigenvalue weighted by molar-refractivity contribution is -0.137. The number of rotatable bonds is 5. The second kappa shape index (κ2) is 9.08. The highest BCUT2D eigenvalue weighted by atomic mass is 32.2. The first-order valence-corrected chi connectivity index (χ1v) is 14.8. The van der Waals surface area contributed by atoms with Gasteiger partial charge in [0.15, 0.2) is 5.65 Å². The van der Waals surface area contributed by atoms with Crippen molar-refractivity contribution in [1.29, 1.82) is 0 Å². The standard InChI is InChI=1S/C25H30F3N7O2S/c26-25(27,28)17-2-1-3-19(14-17)35-22-20(15-30-35)21(34-10-4-16(5-11-34)24(29)8-9-24)32-23(33-22)31-18-6-12-38(36,37)13-7-18/h1-3,14-16,18H,4-13,29H2,(H,31,32,33). The summed E-state index contributed by atoms with van der Waals surface area (Å²) in [7, 11) is -3.04. The molecule has 1 aromatic carbocycles.